The lowest BCUT2D eigenvalue weighted by atomic mass is 10.1. The predicted octanol–water partition coefficient (Wildman–Crippen LogP) is 3.12. The van der Waals surface area contributed by atoms with E-state index >= 15 is 0 Å². The zero-order valence-electron chi connectivity index (χ0n) is 9.82. The van der Waals surface area contributed by atoms with E-state index in [-0.39, 0.29) is 17.4 Å². The van der Waals surface area contributed by atoms with Gasteiger partial charge in [-0.3, -0.25) is 4.98 Å². The summed E-state index contributed by atoms with van der Waals surface area (Å²) in [5.74, 6) is -1.43. The predicted molar refractivity (Wildman–Crippen MR) is 67.0 cm³/mol. The smallest absolute Gasteiger partial charge is 0.151 e. The van der Waals surface area contributed by atoms with Crippen molar-refractivity contribution in [3.8, 4) is 0 Å². The van der Waals surface area contributed by atoms with Gasteiger partial charge in [0.25, 0.3) is 0 Å². The van der Waals surface area contributed by atoms with Crippen molar-refractivity contribution >= 4 is 11.4 Å². The molecule has 0 saturated carbocycles. The van der Waals surface area contributed by atoms with Gasteiger partial charge < -0.3 is 11.1 Å². The molecule has 0 saturated heterocycles. The van der Waals surface area contributed by atoms with Crippen molar-refractivity contribution in [2.45, 2.75) is 13.0 Å². The highest BCUT2D eigenvalue weighted by molar-refractivity contribution is 5.67. The van der Waals surface area contributed by atoms with E-state index in [1.165, 1.54) is 6.07 Å². The first kappa shape index (κ1) is 12.3. The van der Waals surface area contributed by atoms with E-state index in [9.17, 15) is 8.78 Å². The molecule has 18 heavy (non-hydrogen) atoms. The Morgan fingerprint density at radius 2 is 1.89 bits per heavy atom. The molecule has 0 amide bonds. The van der Waals surface area contributed by atoms with E-state index in [0.29, 0.717) is 0 Å². The Bertz CT molecular complexity index is 543. The van der Waals surface area contributed by atoms with Gasteiger partial charge in [-0.15, -0.1) is 0 Å². The average molecular weight is 249 g/mol. The van der Waals surface area contributed by atoms with E-state index in [2.05, 4.69) is 10.3 Å². The minimum Gasteiger partial charge on any atom is -0.395 e. The number of aromatic nitrogens is 1. The van der Waals surface area contributed by atoms with Crippen LogP contribution in [-0.2, 0) is 0 Å². The van der Waals surface area contributed by atoms with E-state index in [1.54, 1.807) is 12.4 Å². The number of pyridine rings is 1. The number of nitrogens with two attached hydrogens (primary N) is 1. The van der Waals surface area contributed by atoms with Gasteiger partial charge in [0.05, 0.1) is 11.4 Å². The monoisotopic (exact) mass is 249 g/mol. The molecule has 0 bridgehead atoms. The van der Waals surface area contributed by atoms with E-state index in [1.807, 2.05) is 19.1 Å². The van der Waals surface area contributed by atoms with Crippen LogP contribution in [0.1, 0.15) is 18.5 Å². The van der Waals surface area contributed by atoms with Gasteiger partial charge >= 0.3 is 0 Å². The molecule has 3 N–H and O–H groups in total. The van der Waals surface area contributed by atoms with Gasteiger partial charge in [0.1, 0.15) is 5.82 Å². The molecular weight excluding hydrogens is 236 g/mol. The van der Waals surface area contributed by atoms with Crippen molar-refractivity contribution in [2.75, 3.05) is 11.1 Å². The summed E-state index contributed by atoms with van der Waals surface area (Å²) in [5, 5.41) is 2.98. The number of nitrogens with zero attached hydrogens (tertiary/aromatic N) is 1. The number of nitrogens with one attached hydrogen (secondary N) is 1. The molecule has 3 nitrogen and oxygen atoms in total. The third kappa shape index (κ3) is 2.56. The second-order valence-electron chi connectivity index (χ2n) is 4.00. The second kappa shape index (κ2) is 5.00. The van der Waals surface area contributed by atoms with Crippen LogP contribution in [-0.4, -0.2) is 4.98 Å². The number of benzene rings is 1. The number of halogens is 2. The van der Waals surface area contributed by atoms with Gasteiger partial charge in [-0.2, -0.15) is 0 Å². The van der Waals surface area contributed by atoms with Gasteiger partial charge in [-0.1, -0.05) is 0 Å². The molecule has 1 unspecified atom stereocenters. The molecule has 0 aliphatic heterocycles. The topological polar surface area (TPSA) is 50.9 Å². The summed E-state index contributed by atoms with van der Waals surface area (Å²) < 4.78 is 26.4. The molecule has 2 aromatic rings. The Morgan fingerprint density at radius 1 is 1.22 bits per heavy atom. The van der Waals surface area contributed by atoms with Gasteiger partial charge in [0, 0.05) is 24.5 Å². The molecule has 1 aromatic carbocycles. The Hall–Kier alpha value is -2.17. The second-order valence-corrected chi connectivity index (χ2v) is 4.00. The highest BCUT2D eigenvalue weighted by Gasteiger charge is 2.11. The van der Waals surface area contributed by atoms with Crippen molar-refractivity contribution in [1.29, 1.82) is 0 Å². The van der Waals surface area contributed by atoms with Crippen LogP contribution in [0.15, 0.2) is 36.7 Å². The first-order chi connectivity index (χ1) is 8.58. The summed E-state index contributed by atoms with van der Waals surface area (Å²) in [4.78, 5) is 3.91. The summed E-state index contributed by atoms with van der Waals surface area (Å²) >= 11 is 0. The molecule has 1 aromatic heterocycles. The molecule has 0 aliphatic rings. The van der Waals surface area contributed by atoms with Crippen LogP contribution < -0.4 is 11.1 Å². The molecule has 0 spiro atoms. The molecule has 0 aliphatic carbocycles. The quantitative estimate of drug-likeness (QED) is 0.822. The van der Waals surface area contributed by atoms with Crippen molar-refractivity contribution in [1.82, 2.24) is 4.98 Å². The minimum absolute atomic E-state index is 0.0858. The van der Waals surface area contributed by atoms with Gasteiger partial charge in [-0.25, -0.2) is 8.78 Å². The molecule has 0 fully saturated rings. The zero-order valence-corrected chi connectivity index (χ0v) is 9.82. The van der Waals surface area contributed by atoms with Crippen LogP contribution in [0.4, 0.5) is 20.2 Å². The number of anilines is 2. The highest BCUT2D eigenvalue weighted by Crippen LogP contribution is 2.27. The third-order valence-electron chi connectivity index (χ3n) is 2.67. The molecule has 0 radical (unpaired) electrons. The summed E-state index contributed by atoms with van der Waals surface area (Å²) in [6.45, 7) is 1.87. The fraction of sp³-hybridized carbons (Fsp3) is 0.154. The largest absolute Gasteiger partial charge is 0.395 e. The summed E-state index contributed by atoms with van der Waals surface area (Å²) in [6.07, 6.45) is 3.31. The molecule has 5 heteroatoms. The lowest BCUT2D eigenvalue weighted by Gasteiger charge is -2.17. The average Bonchev–Trinajstić information content (AvgIpc) is 2.36. The maximum absolute atomic E-state index is 13.3. The van der Waals surface area contributed by atoms with Crippen LogP contribution in [0.2, 0.25) is 0 Å². The van der Waals surface area contributed by atoms with Crippen molar-refractivity contribution in [2.24, 2.45) is 0 Å². The first-order valence-electron chi connectivity index (χ1n) is 5.49. The molecule has 94 valence electrons. The van der Waals surface area contributed by atoms with Gasteiger partial charge in [0.15, 0.2) is 5.82 Å². The maximum Gasteiger partial charge on any atom is 0.151 e. The lowest BCUT2D eigenvalue weighted by Crippen LogP contribution is -2.09. The van der Waals surface area contributed by atoms with Gasteiger partial charge in [-0.05, 0) is 30.7 Å². The Labute approximate surface area is 104 Å². The van der Waals surface area contributed by atoms with Crippen molar-refractivity contribution in [3.63, 3.8) is 0 Å². The summed E-state index contributed by atoms with van der Waals surface area (Å²) in [6, 6.07) is 5.46. The van der Waals surface area contributed by atoms with Crippen LogP contribution in [0.3, 0.4) is 0 Å². The van der Waals surface area contributed by atoms with E-state index in [0.717, 1.165) is 11.6 Å². The minimum atomic E-state index is -0.764. The fourth-order valence-electron chi connectivity index (χ4n) is 1.67. The standard InChI is InChI=1S/C13H13F2N3/c1-8(9-2-4-17-5-3-9)18-12-7-10(14)6-11(15)13(12)16/h2-8,18H,16H2,1H3. The van der Waals surface area contributed by atoms with E-state index < -0.39 is 11.6 Å². The van der Waals surface area contributed by atoms with Crippen LogP contribution >= 0.6 is 0 Å². The third-order valence-corrected chi connectivity index (χ3v) is 2.67. The Balaban J connectivity index is 2.24. The van der Waals surface area contributed by atoms with Crippen LogP contribution in [0, 0.1) is 11.6 Å². The van der Waals surface area contributed by atoms with Crippen molar-refractivity contribution in [3.05, 3.63) is 53.9 Å². The van der Waals surface area contributed by atoms with Crippen LogP contribution in [0.5, 0.6) is 0 Å². The van der Waals surface area contributed by atoms with Gasteiger partial charge in [0.2, 0.25) is 0 Å². The summed E-state index contributed by atoms with van der Waals surface area (Å²) in [7, 11) is 0. The van der Waals surface area contributed by atoms with Crippen LogP contribution in [0.25, 0.3) is 0 Å². The molecule has 1 atom stereocenters. The maximum atomic E-state index is 13.3. The van der Waals surface area contributed by atoms with Crippen molar-refractivity contribution < 1.29 is 8.78 Å². The summed E-state index contributed by atoms with van der Waals surface area (Å²) in [5.41, 5.74) is 6.68. The van der Waals surface area contributed by atoms with E-state index in [4.69, 9.17) is 5.73 Å². The molecule has 2 rings (SSSR count). The lowest BCUT2D eigenvalue weighted by molar-refractivity contribution is 0.586. The zero-order chi connectivity index (χ0) is 13.1. The fourth-order valence-corrected chi connectivity index (χ4v) is 1.67. The first-order valence-corrected chi connectivity index (χ1v) is 5.49. The number of hydrogen-bond donors (Lipinski definition) is 2. The number of rotatable bonds is 3. The normalized spacial score (nSPS) is 12.2. The highest BCUT2D eigenvalue weighted by atomic mass is 19.1. The molecule has 1 heterocycles. The Kier molecular flexibility index (Phi) is 3.41. The Morgan fingerprint density at radius 3 is 2.56 bits per heavy atom. The SMILES string of the molecule is CC(Nc1cc(F)cc(F)c1N)c1ccncc1. The number of nitrogen functional groups attached to an aromatic ring is 1. The molecular formula is C13H13F2N3. The number of hydrogen-bond acceptors (Lipinski definition) is 3.